The van der Waals surface area contributed by atoms with Crippen LogP contribution in [-0.2, 0) is 6.42 Å². The molecule has 0 aromatic heterocycles. The van der Waals surface area contributed by atoms with Crippen LogP contribution in [0.5, 0.6) is 0 Å². The summed E-state index contributed by atoms with van der Waals surface area (Å²) in [7, 11) is 0. The molecule has 4 N–H and O–H groups in total. The summed E-state index contributed by atoms with van der Waals surface area (Å²) in [6.45, 7) is -0.687. The SMILES string of the molecule is NC(CO)(CO)Cc1cc[c]c(F)c1. The van der Waals surface area contributed by atoms with Gasteiger partial charge >= 0.3 is 0 Å². The van der Waals surface area contributed by atoms with Crippen molar-refractivity contribution in [2.24, 2.45) is 5.73 Å². The van der Waals surface area contributed by atoms with Crippen LogP contribution in [0.4, 0.5) is 4.39 Å². The number of nitrogens with two attached hydrogens (primary N) is 1. The van der Waals surface area contributed by atoms with Crippen molar-refractivity contribution in [1.82, 2.24) is 0 Å². The molecule has 0 aliphatic rings. The van der Waals surface area contributed by atoms with Crippen molar-refractivity contribution >= 4 is 0 Å². The van der Waals surface area contributed by atoms with Gasteiger partial charge in [-0.2, -0.15) is 0 Å². The van der Waals surface area contributed by atoms with Crippen molar-refractivity contribution in [3.63, 3.8) is 0 Å². The van der Waals surface area contributed by atoms with Gasteiger partial charge < -0.3 is 15.9 Å². The van der Waals surface area contributed by atoms with Gasteiger partial charge in [0.1, 0.15) is 5.82 Å². The molecule has 0 aliphatic carbocycles. The fourth-order valence-electron chi connectivity index (χ4n) is 1.16. The van der Waals surface area contributed by atoms with Crippen molar-refractivity contribution in [3.05, 3.63) is 35.6 Å². The average molecular weight is 198 g/mol. The summed E-state index contributed by atoms with van der Waals surface area (Å²) in [5.41, 5.74) is 5.19. The van der Waals surface area contributed by atoms with Crippen LogP contribution < -0.4 is 5.73 Å². The average Bonchev–Trinajstić information content (AvgIpc) is 2.18. The lowest BCUT2D eigenvalue weighted by atomic mass is 9.93. The summed E-state index contributed by atoms with van der Waals surface area (Å²) in [6.07, 6.45) is 0.228. The molecule has 1 radical (unpaired) electrons. The van der Waals surface area contributed by atoms with Crippen molar-refractivity contribution in [3.8, 4) is 0 Å². The Bertz CT molecular complexity index is 300. The molecule has 1 aromatic rings. The second kappa shape index (κ2) is 4.50. The maximum atomic E-state index is 12.7. The zero-order valence-corrected chi connectivity index (χ0v) is 7.70. The minimum atomic E-state index is -1.09. The minimum Gasteiger partial charge on any atom is -0.394 e. The van der Waals surface area contributed by atoms with E-state index in [0.29, 0.717) is 5.56 Å². The quantitative estimate of drug-likeness (QED) is 0.630. The highest BCUT2D eigenvalue weighted by Crippen LogP contribution is 2.11. The summed E-state index contributed by atoms with van der Waals surface area (Å²) in [4.78, 5) is 0. The molecule has 0 bridgehead atoms. The first-order chi connectivity index (χ1) is 6.59. The molecule has 4 heteroatoms. The highest BCUT2D eigenvalue weighted by Gasteiger charge is 2.23. The third-order valence-electron chi connectivity index (χ3n) is 2.02. The number of benzene rings is 1. The molecular weight excluding hydrogens is 185 g/mol. The van der Waals surface area contributed by atoms with Crippen molar-refractivity contribution in [2.75, 3.05) is 13.2 Å². The van der Waals surface area contributed by atoms with Crippen LogP contribution in [0.2, 0.25) is 0 Å². The normalized spacial score (nSPS) is 11.7. The monoisotopic (exact) mass is 198 g/mol. The Kier molecular flexibility index (Phi) is 3.57. The second-order valence-electron chi connectivity index (χ2n) is 3.40. The number of halogens is 1. The van der Waals surface area contributed by atoms with Gasteiger partial charge in [0.2, 0.25) is 0 Å². The van der Waals surface area contributed by atoms with Gasteiger partial charge in [0.05, 0.1) is 18.8 Å². The minimum absolute atomic E-state index is 0.228. The molecule has 3 nitrogen and oxygen atoms in total. The fraction of sp³-hybridized carbons (Fsp3) is 0.400. The van der Waals surface area contributed by atoms with E-state index in [0.717, 1.165) is 0 Å². The van der Waals surface area contributed by atoms with Crippen LogP contribution >= 0.6 is 0 Å². The summed E-state index contributed by atoms with van der Waals surface area (Å²) >= 11 is 0. The van der Waals surface area contributed by atoms with Crippen LogP contribution in [0.15, 0.2) is 18.2 Å². The first-order valence-corrected chi connectivity index (χ1v) is 4.26. The lowest BCUT2D eigenvalue weighted by molar-refractivity contribution is 0.121. The molecule has 0 saturated heterocycles. The molecule has 77 valence electrons. The number of hydrogen-bond donors (Lipinski definition) is 3. The summed E-state index contributed by atoms with van der Waals surface area (Å²) in [5.74, 6) is -0.472. The molecule has 0 saturated carbocycles. The van der Waals surface area contributed by atoms with Crippen LogP contribution in [-0.4, -0.2) is 29.0 Å². The van der Waals surface area contributed by atoms with Crippen LogP contribution in [0, 0.1) is 11.9 Å². The molecule has 14 heavy (non-hydrogen) atoms. The molecule has 0 atom stereocenters. The van der Waals surface area contributed by atoms with Gasteiger partial charge in [0.25, 0.3) is 0 Å². The fourth-order valence-corrected chi connectivity index (χ4v) is 1.16. The van der Waals surface area contributed by atoms with E-state index in [4.69, 9.17) is 15.9 Å². The van der Waals surface area contributed by atoms with E-state index >= 15 is 0 Å². The van der Waals surface area contributed by atoms with E-state index < -0.39 is 11.4 Å². The third kappa shape index (κ3) is 2.77. The van der Waals surface area contributed by atoms with E-state index in [2.05, 4.69) is 6.07 Å². The summed E-state index contributed by atoms with van der Waals surface area (Å²) in [5, 5.41) is 17.9. The zero-order chi connectivity index (χ0) is 10.6. The summed E-state index contributed by atoms with van der Waals surface area (Å²) < 4.78 is 12.7. The summed E-state index contributed by atoms with van der Waals surface area (Å²) in [6, 6.07) is 6.74. The standard InChI is InChI=1S/C10H13FNO2/c11-9-3-1-2-8(4-9)5-10(12,6-13)7-14/h1-2,4,13-14H,5-7,12H2. The van der Waals surface area contributed by atoms with E-state index in [-0.39, 0.29) is 19.6 Å². The van der Waals surface area contributed by atoms with Gasteiger partial charge in [0.15, 0.2) is 0 Å². The second-order valence-corrected chi connectivity index (χ2v) is 3.40. The van der Waals surface area contributed by atoms with E-state index in [1.165, 1.54) is 12.1 Å². The molecular formula is C10H13FNO2. The Morgan fingerprint density at radius 1 is 1.43 bits per heavy atom. The van der Waals surface area contributed by atoms with Gasteiger partial charge in [-0.3, -0.25) is 0 Å². The van der Waals surface area contributed by atoms with Crippen molar-refractivity contribution < 1.29 is 14.6 Å². The Morgan fingerprint density at radius 3 is 2.57 bits per heavy atom. The Labute approximate surface area is 82.0 Å². The van der Waals surface area contributed by atoms with Gasteiger partial charge in [-0.25, -0.2) is 4.39 Å². The molecule has 0 amide bonds. The highest BCUT2D eigenvalue weighted by atomic mass is 19.1. The molecule has 0 spiro atoms. The molecule has 0 unspecified atom stereocenters. The van der Waals surface area contributed by atoms with Crippen molar-refractivity contribution in [2.45, 2.75) is 12.0 Å². The largest absolute Gasteiger partial charge is 0.394 e. The Hall–Kier alpha value is -0.970. The molecule has 0 heterocycles. The van der Waals surface area contributed by atoms with Crippen LogP contribution in [0.3, 0.4) is 0 Å². The van der Waals surface area contributed by atoms with E-state index in [1.807, 2.05) is 0 Å². The first-order valence-electron chi connectivity index (χ1n) is 4.26. The lowest BCUT2D eigenvalue weighted by Gasteiger charge is -2.24. The van der Waals surface area contributed by atoms with Gasteiger partial charge in [0, 0.05) is 6.07 Å². The number of rotatable bonds is 4. The number of aliphatic hydroxyl groups excluding tert-OH is 2. The Morgan fingerprint density at radius 2 is 2.07 bits per heavy atom. The highest BCUT2D eigenvalue weighted by molar-refractivity contribution is 5.18. The first kappa shape index (κ1) is 11.1. The third-order valence-corrected chi connectivity index (χ3v) is 2.02. The molecule has 0 aliphatic heterocycles. The lowest BCUT2D eigenvalue weighted by Crippen LogP contribution is -2.49. The zero-order valence-electron chi connectivity index (χ0n) is 7.70. The molecule has 1 rings (SSSR count). The van der Waals surface area contributed by atoms with Crippen LogP contribution in [0.1, 0.15) is 5.56 Å². The van der Waals surface area contributed by atoms with E-state index in [1.54, 1.807) is 6.07 Å². The smallest absolute Gasteiger partial charge is 0.131 e. The predicted octanol–water partition coefficient (Wildman–Crippen LogP) is -0.150. The number of hydrogen-bond acceptors (Lipinski definition) is 3. The number of aliphatic hydroxyl groups is 2. The molecule has 0 fully saturated rings. The van der Waals surface area contributed by atoms with Crippen LogP contribution in [0.25, 0.3) is 0 Å². The molecule has 1 aromatic carbocycles. The van der Waals surface area contributed by atoms with Gasteiger partial charge in [-0.15, -0.1) is 0 Å². The maximum absolute atomic E-state index is 12.7. The topological polar surface area (TPSA) is 66.5 Å². The van der Waals surface area contributed by atoms with Gasteiger partial charge in [-0.05, 0) is 18.1 Å². The van der Waals surface area contributed by atoms with Gasteiger partial charge in [-0.1, -0.05) is 12.1 Å². The Balaban J connectivity index is 2.77. The predicted molar refractivity (Wildman–Crippen MR) is 50.0 cm³/mol. The van der Waals surface area contributed by atoms with E-state index in [9.17, 15) is 4.39 Å². The van der Waals surface area contributed by atoms with Crippen molar-refractivity contribution in [1.29, 1.82) is 0 Å². The maximum Gasteiger partial charge on any atom is 0.131 e.